The van der Waals surface area contributed by atoms with Gasteiger partial charge in [0.15, 0.2) is 0 Å². The largest absolute Gasteiger partial charge is 0.497 e. The normalized spacial score (nSPS) is 19.4. The Balaban J connectivity index is 2.01. The number of carbonyl (C=O) groups excluding carboxylic acids is 1. The minimum atomic E-state index is -0.0181. The number of urea groups is 1. The Morgan fingerprint density at radius 2 is 2.28 bits per heavy atom. The van der Waals surface area contributed by atoms with Gasteiger partial charge in [-0.1, -0.05) is 6.07 Å². The summed E-state index contributed by atoms with van der Waals surface area (Å²) in [7, 11) is 1.62. The predicted octanol–water partition coefficient (Wildman–Crippen LogP) is 3.10. The molecule has 1 aromatic rings. The fraction of sp³-hybridized carbons (Fsp3) is 0.500. The lowest BCUT2D eigenvalue weighted by Gasteiger charge is -2.33. The average molecular weight is 248 g/mol. The fourth-order valence-electron chi connectivity index (χ4n) is 2.30. The van der Waals surface area contributed by atoms with Crippen LogP contribution in [0.2, 0.25) is 0 Å². The van der Waals surface area contributed by atoms with Crippen molar-refractivity contribution in [3.05, 3.63) is 24.3 Å². The molecule has 4 heteroatoms. The third-order valence-electron chi connectivity index (χ3n) is 3.38. The first-order chi connectivity index (χ1) is 8.70. The van der Waals surface area contributed by atoms with Crippen LogP contribution in [0, 0.1) is 0 Å². The van der Waals surface area contributed by atoms with E-state index in [-0.39, 0.29) is 6.03 Å². The highest BCUT2D eigenvalue weighted by molar-refractivity contribution is 5.89. The Bertz CT molecular complexity index is 420. The Kier molecular flexibility index (Phi) is 4.07. The van der Waals surface area contributed by atoms with Crippen LogP contribution < -0.4 is 10.1 Å². The second-order valence-corrected chi connectivity index (χ2v) is 4.70. The standard InChI is InChI=1S/C14H20N2O2/c1-11-6-3-4-9-16(11)14(17)15-12-7-5-8-13(10-12)18-2/h5,7-8,10-11H,3-4,6,9H2,1-2H3,(H,15,17). The summed E-state index contributed by atoms with van der Waals surface area (Å²) < 4.78 is 5.14. The van der Waals surface area contributed by atoms with Gasteiger partial charge >= 0.3 is 6.03 Å². The van der Waals surface area contributed by atoms with Crippen LogP contribution in [-0.4, -0.2) is 30.6 Å². The van der Waals surface area contributed by atoms with E-state index < -0.39 is 0 Å². The van der Waals surface area contributed by atoms with Crippen molar-refractivity contribution in [1.29, 1.82) is 0 Å². The number of ether oxygens (including phenoxy) is 1. The minimum absolute atomic E-state index is 0.0181. The van der Waals surface area contributed by atoms with E-state index >= 15 is 0 Å². The number of benzene rings is 1. The number of nitrogens with one attached hydrogen (secondary N) is 1. The molecular formula is C14H20N2O2. The monoisotopic (exact) mass is 248 g/mol. The van der Waals surface area contributed by atoms with Gasteiger partial charge in [-0.25, -0.2) is 4.79 Å². The van der Waals surface area contributed by atoms with Crippen LogP contribution in [-0.2, 0) is 0 Å². The van der Waals surface area contributed by atoms with Crippen molar-refractivity contribution >= 4 is 11.7 Å². The third-order valence-corrected chi connectivity index (χ3v) is 3.38. The third kappa shape index (κ3) is 2.94. The topological polar surface area (TPSA) is 41.6 Å². The molecule has 2 amide bonds. The number of likely N-dealkylation sites (tertiary alicyclic amines) is 1. The molecule has 0 aromatic heterocycles. The minimum Gasteiger partial charge on any atom is -0.497 e. The SMILES string of the molecule is COc1cccc(NC(=O)N2CCCCC2C)c1. The van der Waals surface area contributed by atoms with Crippen molar-refractivity contribution < 1.29 is 9.53 Å². The number of nitrogens with zero attached hydrogens (tertiary/aromatic N) is 1. The summed E-state index contributed by atoms with van der Waals surface area (Å²) >= 11 is 0. The van der Waals surface area contributed by atoms with E-state index in [0.29, 0.717) is 6.04 Å². The van der Waals surface area contributed by atoms with E-state index in [1.165, 1.54) is 6.42 Å². The van der Waals surface area contributed by atoms with Crippen molar-refractivity contribution in [3.63, 3.8) is 0 Å². The first-order valence-electron chi connectivity index (χ1n) is 6.42. The maximum Gasteiger partial charge on any atom is 0.322 e. The van der Waals surface area contributed by atoms with Crippen molar-refractivity contribution in [2.24, 2.45) is 0 Å². The predicted molar refractivity (Wildman–Crippen MR) is 72.0 cm³/mol. The number of hydrogen-bond acceptors (Lipinski definition) is 2. The zero-order valence-corrected chi connectivity index (χ0v) is 11.0. The molecule has 18 heavy (non-hydrogen) atoms. The van der Waals surface area contributed by atoms with Crippen LogP contribution in [0.3, 0.4) is 0 Å². The molecule has 1 fully saturated rings. The molecule has 1 aliphatic rings. The van der Waals surface area contributed by atoms with Crippen LogP contribution in [0.4, 0.5) is 10.5 Å². The van der Waals surface area contributed by atoms with Gasteiger partial charge in [0.1, 0.15) is 5.75 Å². The molecule has 0 bridgehead atoms. The maximum atomic E-state index is 12.2. The summed E-state index contributed by atoms with van der Waals surface area (Å²) in [4.78, 5) is 14.1. The molecule has 1 N–H and O–H groups in total. The highest BCUT2D eigenvalue weighted by Gasteiger charge is 2.22. The van der Waals surface area contributed by atoms with Gasteiger partial charge in [-0.2, -0.15) is 0 Å². The van der Waals surface area contributed by atoms with E-state index in [9.17, 15) is 4.79 Å². The van der Waals surface area contributed by atoms with Gasteiger partial charge in [0.25, 0.3) is 0 Å². The molecule has 1 atom stereocenters. The van der Waals surface area contributed by atoms with Gasteiger partial charge in [-0.3, -0.25) is 0 Å². The molecule has 1 heterocycles. The molecule has 0 spiro atoms. The summed E-state index contributed by atoms with van der Waals surface area (Å²) in [5.41, 5.74) is 0.775. The summed E-state index contributed by atoms with van der Waals surface area (Å²) in [5, 5.41) is 2.92. The van der Waals surface area contributed by atoms with Crippen LogP contribution in [0.5, 0.6) is 5.75 Å². The second kappa shape index (κ2) is 5.76. The Labute approximate surface area is 108 Å². The van der Waals surface area contributed by atoms with Gasteiger partial charge in [-0.05, 0) is 38.3 Å². The Hall–Kier alpha value is -1.71. The lowest BCUT2D eigenvalue weighted by Crippen LogP contribution is -2.44. The second-order valence-electron chi connectivity index (χ2n) is 4.70. The summed E-state index contributed by atoms with van der Waals surface area (Å²) in [5.74, 6) is 0.750. The summed E-state index contributed by atoms with van der Waals surface area (Å²) in [6.07, 6.45) is 3.39. The number of amides is 2. The van der Waals surface area contributed by atoms with Crippen molar-refractivity contribution in [3.8, 4) is 5.75 Å². The van der Waals surface area contributed by atoms with Gasteiger partial charge < -0.3 is 15.0 Å². The number of rotatable bonds is 2. The van der Waals surface area contributed by atoms with E-state index in [1.54, 1.807) is 7.11 Å². The molecule has 98 valence electrons. The number of anilines is 1. The van der Waals surface area contributed by atoms with Crippen molar-refractivity contribution in [2.75, 3.05) is 19.0 Å². The molecular weight excluding hydrogens is 228 g/mol. The quantitative estimate of drug-likeness (QED) is 0.873. The number of piperidine rings is 1. The van der Waals surface area contributed by atoms with Gasteiger partial charge in [-0.15, -0.1) is 0 Å². The van der Waals surface area contributed by atoms with Crippen molar-refractivity contribution in [2.45, 2.75) is 32.2 Å². The Morgan fingerprint density at radius 3 is 3.00 bits per heavy atom. The fourth-order valence-corrected chi connectivity index (χ4v) is 2.30. The number of carbonyl (C=O) groups is 1. The van der Waals surface area contributed by atoms with Gasteiger partial charge in [0.2, 0.25) is 0 Å². The smallest absolute Gasteiger partial charge is 0.322 e. The van der Waals surface area contributed by atoms with E-state index in [4.69, 9.17) is 4.74 Å². The average Bonchev–Trinajstić information content (AvgIpc) is 2.39. The molecule has 1 aliphatic heterocycles. The van der Waals surface area contributed by atoms with E-state index in [1.807, 2.05) is 29.2 Å². The first kappa shape index (κ1) is 12.7. The van der Waals surface area contributed by atoms with Crippen LogP contribution >= 0.6 is 0 Å². The molecule has 4 nitrogen and oxygen atoms in total. The molecule has 1 unspecified atom stereocenters. The number of methoxy groups -OCH3 is 1. The van der Waals surface area contributed by atoms with Crippen molar-refractivity contribution in [1.82, 2.24) is 4.90 Å². The molecule has 1 aromatic carbocycles. The molecule has 1 saturated heterocycles. The summed E-state index contributed by atoms with van der Waals surface area (Å²) in [6.45, 7) is 2.95. The highest BCUT2D eigenvalue weighted by atomic mass is 16.5. The Morgan fingerprint density at radius 1 is 1.44 bits per heavy atom. The molecule has 0 aliphatic carbocycles. The first-order valence-corrected chi connectivity index (χ1v) is 6.42. The van der Waals surface area contributed by atoms with Gasteiger partial charge in [0.05, 0.1) is 7.11 Å². The zero-order chi connectivity index (χ0) is 13.0. The lowest BCUT2D eigenvalue weighted by atomic mass is 10.0. The van der Waals surface area contributed by atoms with Crippen LogP contribution in [0.1, 0.15) is 26.2 Å². The number of hydrogen-bond donors (Lipinski definition) is 1. The van der Waals surface area contributed by atoms with Crippen LogP contribution in [0.25, 0.3) is 0 Å². The zero-order valence-electron chi connectivity index (χ0n) is 11.0. The van der Waals surface area contributed by atoms with E-state index in [0.717, 1.165) is 30.8 Å². The highest BCUT2D eigenvalue weighted by Crippen LogP contribution is 2.20. The molecule has 0 saturated carbocycles. The molecule has 2 rings (SSSR count). The van der Waals surface area contributed by atoms with Gasteiger partial charge in [0, 0.05) is 24.3 Å². The van der Waals surface area contributed by atoms with Crippen LogP contribution in [0.15, 0.2) is 24.3 Å². The molecule has 0 radical (unpaired) electrons. The van der Waals surface area contributed by atoms with E-state index in [2.05, 4.69) is 12.2 Å². The summed E-state index contributed by atoms with van der Waals surface area (Å²) in [6, 6.07) is 7.73. The maximum absolute atomic E-state index is 12.2. The lowest BCUT2D eigenvalue weighted by molar-refractivity contribution is 0.170.